The lowest BCUT2D eigenvalue weighted by Gasteiger charge is -2.05. The number of aromatic amines is 1. The predicted octanol–water partition coefficient (Wildman–Crippen LogP) is 5.38. The molecule has 0 saturated carbocycles. The molecule has 4 rings (SSSR count). The zero-order valence-corrected chi connectivity index (χ0v) is 14.5. The third kappa shape index (κ3) is 2.96. The summed E-state index contributed by atoms with van der Waals surface area (Å²) in [5.41, 5.74) is 8.39. The first-order chi connectivity index (χ1) is 12.3. The van der Waals surface area contributed by atoms with Crippen LogP contribution in [0.15, 0.2) is 60.0 Å². The fourth-order valence-corrected chi connectivity index (χ4v) is 3.20. The average molecular weight is 349 g/mol. The fraction of sp³-hybridized carbons (Fsp3) is 0.100. The Morgan fingerprint density at radius 2 is 2.12 bits per heavy atom. The van der Waals surface area contributed by atoms with Crippen molar-refractivity contribution in [1.29, 1.82) is 0 Å². The van der Waals surface area contributed by atoms with Gasteiger partial charge in [-0.05, 0) is 36.2 Å². The second-order valence-electron chi connectivity index (χ2n) is 5.83. The molecule has 0 fully saturated rings. The van der Waals surface area contributed by atoms with Crippen molar-refractivity contribution in [3.8, 4) is 0 Å². The van der Waals surface area contributed by atoms with Crippen molar-refractivity contribution < 1.29 is 0 Å². The van der Waals surface area contributed by atoms with Gasteiger partial charge in [-0.15, -0.1) is 0 Å². The highest BCUT2D eigenvalue weighted by Gasteiger charge is 2.05. The summed E-state index contributed by atoms with van der Waals surface area (Å²) in [5.74, 6) is 0. The number of rotatable bonds is 4. The Hall–Kier alpha value is -2.85. The highest BCUT2D eigenvalue weighted by atomic mass is 35.5. The number of H-pyrrole nitrogens is 1. The van der Waals surface area contributed by atoms with Crippen molar-refractivity contribution in [3.63, 3.8) is 0 Å². The lowest BCUT2D eigenvalue weighted by atomic mass is 10.1. The maximum atomic E-state index is 6.03. The fourth-order valence-electron chi connectivity index (χ4n) is 3.03. The molecule has 2 heterocycles. The van der Waals surface area contributed by atoms with Gasteiger partial charge in [0.2, 0.25) is 0 Å². The number of pyridine rings is 1. The van der Waals surface area contributed by atoms with Gasteiger partial charge in [-0.2, -0.15) is 5.10 Å². The van der Waals surface area contributed by atoms with Crippen LogP contribution in [0.2, 0.25) is 5.02 Å². The second-order valence-corrected chi connectivity index (χ2v) is 6.26. The number of hydrogen-bond acceptors (Lipinski definition) is 3. The Bertz CT molecular complexity index is 1080. The molecule has 25 heavy (non-hydrogen) atoms. The molecule has 0 amide bonds. The number of anilines is 1. The largest absolute Gasteiger partial charge is 0.360 e. The number of hydrogen-bond donors (Lipinski definition) is 2. The molecule has 0 spiro atoms. The lowest BCUT2D eigenvalue weighted by molar-refractivity contribution is 1.15. The number of aryl methyl sites for hydroxylation is 1. The zero-order chi connectivity index (χ0) is 17.2. The van der Waals surface area contributed by atoms with E-state index in [9.17, 15) is 0 Å². The molecular formula is C20H17ClN4. The first kappa shape index (κ1) is 15.7. The van der Waals surface area contributed by atoms with Crippen LogP contribution in [0.25, 0.3) is 21.8 Å². The Morgan fingerprint density at radius 1 is 1.20 bits per heavy atom. The van der Waals surface area contributed by atoms with Gasteiger partial charge >= 0.3 is 0 Å². The molecule has 0 aliphatic carbocycles. The average Bonchev–Trinajstić information content (AvgIpc) is 3.05. The number of nitrogens with zero attached hydrogens (tertiary/aromatic N) is 2. The molecule has 2 aromatic heterocycles. The predicted molar refractivity (Wildman–Crippen MR) is 106 cm³/mol. The number of fused-ring (bicyclic) bond motifs is 2. The molecule has 0 saturated heterocycles. The standard InChI is InChI=1S/C20H17ClN4/c1-2-13-4-3-5-16-14(11-23-20(13)16)12-24-25-18-8-9-22-19-10-15(21)6-7-17(18)19/h3-12,23H,2H2,1H3,(H,22,25)/b24-12+. The van der Waals surface area contributed by atoms with Gasteiger partial charge in [0.1, 0.15) is 0 Å². The van der Waals surface area contributed by atoms with Crippen LogP contribution in [0.5, 0.6) is 0 Å². The molecule has 0 aliphatic rings. The van der Waals surface area contributed by atoms with Crippen LogP contribution < -0.4 is 5.43 Å². The SMILES string of the molecule is CCc1cccc2c(/C=N/Nc3ccnc4cc(Cl)ccc34)c[nH]c12. The van der Waals surface area contributed by atoms with E-state index >= 15 is 0 Å². The van der Waals surface area contributed by atoms with Crippen LogP contribution in [0.3, 0.4) is 0 Å². The molecule has 2 N–H and O–H groups in total. The van der Waals surface area contributed by atoms with Crippen molar-refractivity contribution >= 4 is 45.3 Å². The smallest absolute Gasteiger partial charge is 0.0738 e. The number of nitrogens with one attached hydrogen (secondary N) is 2. The molecule has 0 aliphatic heterocycles. The molecule has 124 valence electrons. The summed E-state index contributed by atoms with van der Waals surface area (Å²) in [6.07, 6.45) is 6.56. The summed E-state index contributed by atoms with van der Waals surface area (Å²) in [4.78, 5) is 7.69. The van der Waals surface area contributed by atoms with Gasteiger partial charge in [0.25, 0.3) is 0 Å². The summed E-state index contributed by atoms with van der Waals surface area (Å²) >= 11 is 6.03. The number of hydrazone groups is 1. The summed E-state index contributed by atoms with van der Waals surface area (Å²) in [5, 5.41) is 7.24. The van der Waals surface area contributed by atoms with E-state index in [1.165, 1.54) is 16.5 Å². The monoisotopic (exact) mass is 348 g/mol. The molecule has 5 heteroatoms. The van der Waals surface area contributed by atoms with E-state index in [4.69, 9.17) is 11.6 Å². The van der Waals surface area contributed by atoms with Crippen LogP contribution in [-0.4, -0.2) is 16.2 Å². The lowest BCUT2D eigenvalue weighted by Crippen LogP contribution is -1.92. The minimum atomic E-state index is 0.672. The molecular weight excluding hydrogens is 332 g/mol. The van der Waals surface area contributed by atoms with Gasteiger partial charge in [0.15, 0.2) is 0 Å². The summed E-state index contributed by atoms with van der Waals surface area (Å²) in [7, 11) is 0. The maximum absolute atomic E-state index is 6.03. The third-order valence-electron chi connectivity index (χ3n) is 4.31. The van der Waals surface area contributed by atoms with E-state index in [2.05, 4.69) is 45.6 Å². The van der Waals surface area contributed by atoms with Gasteiger partial charge in [0, 0.05) is 39.3 Å². The first-order valence-electron chi connectivity index (χ1n) is 8.18. The quantitative estimate of drug-likeness (QED) is 0.384. The summed E-state index contributed by atoms with van der Waals surface area (Å²) in [6.45, 7) is 2.16. The van der Waals surface area contributed by atoms with Crippen molar-refractivity contribution in [2.75, 3.05) is 5.43 Å². The van der Waals surface area contributed by atoms with Gasteiger partial charge in [-0.3, -0.25) is 10.4 Å². The molecule has 2 aromatic carbocycles. The van der Waals surface area contributed by atoms with Crippen LogP contribution in [0.4, 0.5) is 5.69 Å². The van der Waals surface area contributed by atoms with Gasteiger partial charge in [-0.25, -0.2) is 0 Å². The number of aromatic nitrogens is 2. The Labute approximate surface area is 150 Å². The Morgan fingerprint density at radius 3 is 3.00 bits per heavy atom. The van der Waals surface area contributed by atoms with Crippen LogP contribution in [0, 0.1) is 0 Å². The van der Waals surface area contributed by atoms with E-state index in [-0.39, 0.29) is 0 Å². The molecule has 0 unspecified atom stereocenters. The van der Waals surface area contributed by atoms with E-state index in [0.29, 0.717) is 5.02 Å². The topological polar surface area (TPSA) is 53.1 Å². The molecule has 0 radical (unpaired) electrons. The Balaban J connectivity index is 1.64. The second kappa shape index (κ2) is 6.57. The zero-order valence-electron chi connectivity index (χ0n) is 13.8. The van der Waals surface area contributed by atoms with E-state index in [0.717, 1.165) is 28.6 Å². The van der Waals surface area contributed by atoms with Crippen molar-refractivity contribution in [2.45, 2.75) is 13.3 Å². The van der Waals surface area contributed by atoms with E-state index < -0.39 is 0 Å². The minimum Gasteiger partial charge on any atom is -0.360 e. The van der Waals surface area contributed by atoms with Crippen molar-refractivity contribution in [3.05, 3.63) is 71.0 Å². The maximum Gasteiger partial charge on any atom is 0.0738 e. The van der Waals surface area contributed by atoms with Gasteiger partial charge in [-0.1, -0.05) is 36.7 Å². The number of para-hydroxylation sites is 1. The number of halogens is 1. The van der Waals surface area contributed by atoms with Gasteiger partial charge < -0.3 is 4.98 Å². The van der Waals surface area contributed by atoms with Crippen LogP contribution >= 0.6 is 11.6 Å². The van der Waals surface area contributed by atoms with E-state index in [1.807, 2.05) is 36.7 Å². The summed E-state index contributed by atoms with van der Waals surface area (Å²) in [6, 6.07) is 13.9. The third-order valence-corrected chi connectivity index (χ3v) is 4.54. The first-order valence-corrected chi connectivity index (χ1v) is 8.56. The van der Waals surface area contributed by atoms with Crippen molar-refractivity contribution in [2.24, 2.45) is 5.10 Å². The minimum absolute atomic E-state index is 0.672. The van der Waals surface area contributed by atoms with E-state index in [1.54, 1.807) is 6.20 Å². The number of benzene rings is 2. The highest BCUT2D eigenvalue weighted by Crippen LogP contribution is 2.25. The van der Waals surface area contributed by atoms with Crippen molar-refractivity contribution in [1.82, 2.24) is 9.97 Å². The van der Waals surface area contributed by atoms with Gasteiger partial charge in [0.05, 0.1) is 17.4 Å². The summed E-state index contributed by atoms with van der Waals surface area (Å²) < 4.78 is 0. The molecule has 4 nitrogen and oxygen atoms in total. The highest BCUT2D eigenvalue weighted by molar-refractivity contribution is 6.31. The van der Waals surface area contributed by atoms with Crippen LogP contribution in [-0.2, 0) is 6.42 Å². The molecule has 0 bridgehead atoms. The Kier molecular flexibility index (Phi) is 4.12. The molecule has 4 aromatic rings. The van der Waals surface area contributed by atoms with Crippen LogP contribution in [0.1, 0.15) is 18.1 Å². The normalized spacial score (nSPS) is 11.6. The molecule has 0 atom stereocenters.